The molecule has 2 aliphatic carbocycles. The summed E-state index contributed by atoms with van der Waals surface area (Å²) in [7, 11) is -3.32. The van der Waals surface area contributed by atoms with Crippen molar-refractivity contribution in [3.05, 3.63) is 29.8 Å². The summed E-state index contributed by atoms with van der Waals surface area (Å²) in [5, 5.41) is 11.5. The summed E-state index contributed by atoms with van der Waals surface area (Å²) in [5.41, 5.74) is 0.393. The first-order valence-corrected chi connectivity index (χ1v) is 10.3. The fourth-order valence-electron chi connectivity index (χ4n) is 3.79. The van der Waals surface area contributed by atoms with E-state index in [0.29, 0.717) is 37.7 Å². The first kappa shape index (κ1) is 17.9. The molecule has 0 heterocycles. The average molecular weight is 365 g/mol. The molecule has 6 nitrogen and oxygen atoms in total. The summed E-state index contributed by atoms with van der Waals surface area (Å²) < 4.78 is 25.1. The molecule has 1 aromatic rings. The van der Waals surface area contributed by atoms with E-state index in [2.05, 4.69) is 5.32 Å². The first-order chi connectivity index (χ1) is 11.9. The van der Waals surface area contributed by atoms with Gasteiger partial charge < -0.3 is 10.4 Å². The van der Waals surface area contributed by atoms with E-state index in [1.165, 1.54) is 24.3 Å². The number of benzene rings is 1. The number of carboxylic acid groups (broad SMARTS) is 1. The Hall–Kier alpha value is -1.89. The van der Waals surface area contributed by atoms with Crippen LogP contribution in [-0.4, -0.2) is 36.7 Å². The van der Waals surface area contributed by atoms with Crippen molar-refractivity contribution in [1.82, 2.24) is 5.32 Å². The molecule has 7 heteroatoms. The van der Waals surface area contributed by atoms with Gasteiger partial charge in [-0.1, -0.05) is 12.8 Å². The molecular formula is C18H23NO5S. The van der Waals surface area contributed by atoms with Crippen molar-refractivity contribution in [1.29, 1.82) is 0 Å². The number of hydrogen-bond acceptors (Lipinski definition) is 4. The van der Waals surface area contributed by atoms with E-state index in [0.717, 1.165) is 12.8 Å². The summed E-state index contributed by atoms with van der Waals surface area (Å²) in [6.45, 7) is 0. The zero-order valence-electron chi connectivity index (χ0n) is 14.0. The van der Waals surface area contributed by atoms with Gasteiger partial charge in [-0.2, -0.15) is 0 Å². The van der Waals surface area contributed by atoms with Gasteiger partial charge >= 0.3 is 5.97 Å². The Morgan fingerprint density at radius 2 is 1.64 bits per heavy atom. The Balaban J connectivity index is 1.64. The van der Waals surface area contributed by atoms with E-state index in [1.54, 1.807) is 0 Å². The van der Waals surface area contributed by atoms with E-state index in [4.69, 9.17) is 5.11 Å². The Labute approximate surface area is 147 Å². The smallest absolute Gasteiger partial charge is 0.306 e. The van der Waals surface area contributed by atoms with Crippen LogP contribution >= 0.6 is 0 Å². The van der Waals surface area contributed by atoms with Crippen LogP contribution in [-0.2, 0) is 14.6 Å². The lowest BCUT2D eigenvalue weighted by molar-refractivity contribution is -0.141. The molecule has 2 saturated carbocycles. The Kier molecular flexibility index (Phi) is 5.13. The normalized spacial score (nSPS) is 24.3. The molecule has 2 N–H and O–H groups in total. The van der Waals surface area contributed by atoms with Gasteiger partial charge in [-0.15, -0.1) is 0 Å². The SMILES string of the molecule is O=C(N[C@@H]1CC[C@H](C(=O)O)C1)c1ccc(S(=O)(=O)C2CCCC2)cc1. The quantitative estimate of drug-likeness (QED) is 0.834. The van der Waals surface area contributed by atoms with Crippen LogP contribution in [0.3, 0.4) is 0 Å². The van der Waals surface area contributed by atoms with Crippen LogP contribution in [0, 0.1) is 5.92 Å². The van der Waals surface area contributed by atoms with E-state index in [-0.39, 0.29) is 22.1 Å². The maximum Gasteiger partial charge on any atom is 0.306 e. The third-order valence-electron chi connectivity index (χ3n) is 5.30. The average Bonchev–Trinajstić information content (AvgIpc) is 3.27. The second-order valence-corrected chi connectivity index (χ2v) is 9.22. The fourth-order valence-corrected chi connectivity index (χ4v) is 5.65. The molecule has 3 rings (SSSR count). The Bertz CT molecular complexity index is 750. The van der Waals surface area contributed by atoms with Gasteiger partial charge in [0.15, 0.2) is 9.84 Å². The molecule has 1 aromatic carbocycles. The highest BCUT2D eigenvalue weighted by molar-refractivity contribution is 7.92. The fraction of sp³-hybridized carbons (Fsp3) is 0.556. The van der Waals surface area contributed by atoms with Gasteiger partial charge in [-0.05, 0) is 56.4 Å². The number of aliphatic carboxylic acids is 1. The van der Waals surface area contributed by atoms with Crippen molar-refractivity contribution < 1.29 is 23.1 Å². The molecule has 0 saturated heterocycles. The molecule has 2 atom stereocenters. The lowest BCUT2D eigenvalue weighted by Gasteiger charge is -2.14. The minimum Gasteiger partial charge on any atom is -0.481 e. The van der Waals surface area contributed by atoms with Gasteiger partial charge in [0.1, 0.15) is 0 Å². The molecule has 0 spiro atoms. The van der Waals surface area contributed by atoms with Crippen LogP contribution in [0.5, 0.6) is 0 Å². The molecule has 0 aliphatic heterocycles. The zero-order chi connectivity index (χ0) is 18.0. The Morgan fingerprint density at radius 3 is 2.20 bits per heavy atom. The van der Waals surface area contributed by atoms with Crippen LogP contribution in [0.4, 0.5) is 0 Å². The molecule has 0 radical (unpaired) electrons. The van der Waals surface area contributed by atoms with Crippen LogP contribution in [0.2, 0.25) is 0 Å². The van der Waals surface area contributed by atoms with Crippen LogP contribution < -0.4 is 5.32 Å². The van der Waals surface area contributed by atoms with Crippen molar-refractivity contribution in [3.63, 3.8) is 0 Å². The molecule has 2 fully saturated rings. The minimum atomic E-state index is -3.32. The standard InChI is InChI=1S/C18H23NO5S/c20-17(19-14-8-5-13(11-14)18(21)22)12-6-9-16(10-7-12)25(23,24)15-3-1-2-4-15/h6-7,9-10,13-15H,1-5,8,11H2,(H,19,20)(H,21,22)/t13-,14+/m0/s1. The molecule has 0 aromatic heterocycles. The van der Waals surface area contributed by atoms with Crippen molar-refractivity contribution in [2.75, 3.05) is 0 Å². The zero-order valence-corrected chi connectivity index (χ0v) is 14.8. The molecule has 25 heavy (non-hydrogen) atoms. The first-order valence-electron chi connectivity index (χ1n) is 8.75. The molecule has 136 valence electrons. The van der Waals surface area contributed by atoms with Gasteiger partial charge in [0.05, 0.1) is 16.1 Å². The lowest BCUT2D eigenvalue weighted by Crippen LogP contribution is -2.33. The minimum absolute atomic E-state index is 0.143. The molecule has 0 unspecified atom stereocenters. The van der Waals surface area contributed by atoms with Gasteiger partial charge in [0, 0.05) is 11.6 Å². The van der Waals surface area contributed by atoms with Crippen LogP contribution in [0.1, 0.15) is 55.3 Å². The van der Waals surface area contributed by atoms with Crippen LogP contribution in [0.25, 0.3) is 0 Å². The molecule has 1 amide bonds. The molecular weight excluding hydrogens is 342 g/mol. The molecule has 2 aliphatic rings. The third kappa shape index (κ3) is 3.86. The third-order valence-corrected chi connectivity index (χ3v) is 7.58. The summed E-state index contributed by atoms with van der Waals surface area (Å²) >= 11 is 0. The lowest BCUT2D eigenvalue weighted by atomic mass is 10.1. The predicted molar refractivity (Wildman–Crippen MR) is 92.1 cm³/mol. The Morgan fingerprint density at radius 1 is 1.00 bits per heavy atom. The number of carboxylic acids is 1. The highest BCUT2D eigenvalue weighted by Crippen LogP contribution is 2.30. The highest BCUT2D eigenvalue weighted by atomic mass is 32.2. The van der Waals surface area contributed by atoms with Gasteiger partial charge in [-0.25, -0.2) is 8.42 Å². The van der Waals surface area contributed by atoms with E-state index in [9.17, 15) is 18.0 Å². The second-order valence-electron chi connectivity index (χ2n) is 6.99. The van der Waals surface area contributed by atoms with Gasteiger partial charge in [-0.3, -0.25) is 9.59 Å². The van der Waals surface area contributed by atoms with Crippen LogP contribution in [0.15, 0.2) is 29.2 Å². The maximum atomic E-state index is 12.5. The number of rotatable bonds is 5. The van der Waals surface area contributed by atoms with Crippen molar-refractivity contribution in [2.24, 2.45) is 5.92 Å². The van der Waals surface area contributed by atoms with E-state index >= 15 is 0 Å². The van der Waals surface area contributed by atoms with E-state index in [1.807, 2.05) is 0 Å². The largest absolute Gasteiger partial charge is 0.481 e. The van der Waals surface area contributed by atoms with Crippen molar-refractivity contribution in [3.8, 4) is 0 Å². The second kappa shape index (κ2) is 7.15. The van der Waals surface area contributed by atoms with Crippen molar-refractivity contribution >= 4 is 21.7 Å². The summed E-state index contributed by atoms with van der Waals surface area (Å²) in [4.78, 5) is 23.5. The monoisotopic (exact) mass is 365 g/mol. The number of hydrogen-bond donors (Lipinski definition) is 2. The number of nitrogens with one attached hydrogen (secondary N) is 1. The van der Waals surface area contributed by atoms with Gasteiger partial charge in [0.2, 0.25) is 0 Å². The van der Waals surface area contributed by atoms with Crippen molar-refractivity contribution in [2.45, 2.75) is 61.1 Å². The number of sulfone groups is 1. The maximum absolute atomic E-state index is 12.5. The number of amides is 1. The number of carbonyl (C=O) groups excluding carboxylic acids is 1. The summed E-state index contributed by atoms with van der Waals surface area (Å²) in [6.07, 6.45) is 4.96. The summed E-state index contributed by atoms with van der Waals surface area (Å²) in [6, 6.07) is 5.91. The summed E-state index contributed by atoms with van der Waals surface area (Å²) in [5.74, 6) is -1.51. The predicted octanol–water partition coefficient (Wildman–Crippen LogP) is 2.39. The topological polar surface area (TPSA) is 101 Å². The highest BCUT2D eigenvalue weighted by Gasteiger charge is 2.32. The number of carbonyl (C=O) groups is 2. The van der Waals surface area contributed by atoms with E-state index < -0.39 is 21.7 Å². The molecule has 0 bridgehead atoms. The van der Waals surface area contributed by atoms with Gasteiger partial charge in [0.25, 0.3) is 5.91 Å².